The summed E-state index contributed by atoms with van der Waals surface area (Å²) in [5.41, 5.74) is -0.221. The first kappa shape index (κ1) is 13.8. The van der Waals surface area contributed by atoms with Gasteiger partial charge in [0.2, 0.25) is 0 Å². The molecule has 0 aromatic rings. The van der Waals surface area contributed by atoms with Crippen molar-refractivity contribution in [1.29, 1.82) is 0 Å². The number of ether oxygens (including phenoxy) is 1. The lowest BCUT2D eigenvalue weighted by atomic mass is 9.65. The van der Waals surface area contributed by atoms with Crippen LogP contribution < -0.4 is 10.6 Å². The van der Waals surface area contributed by atoms with Crippen LogP contribution in [0.2, 0.25) is 0 Å². The van der Waals surface area contributed by atoms with E-state index in [2.05, 4.69) is 10.6 Å². The fourth-order valence-corrected chi connectivity index (χ4v) is 3.20. The zero-order chi connectivity index (χ0) is 13.2. The fraction of sp³-hybridized carbons (Fsp3) is 0.929. The van der Waals surface area contributed by atoms with Crippen molar-refractivity contribution in [1.82, 2.24) is 10.6 Å². The molecule has 0 radical (unpaired) electrons. The van der Waals surface area contributed by atoms with Crippen molar-refractivity contribution in [2.75, 3.05) is 26.2 Å². The summed E-state index contributed by atoms with van der Waals surface area (Å²) < 4.78 is 5.61. The van der Waals surface area contributed by atoms with Crippen LogP contribution >= 0.6 is 0 Å². The van der Waals surface area contributed by atoms with Crippen LogP contribution in [-0.4, -0.2) is 37.7 Å². The molecule has 0 amide bonds. The number of hydrogen-bond acceptors (Lipinski definition) is 4. The summed E-state index contributed by atoms with van der Waals surface area (Å²) in [5.74, 6) is 0.00387. The number of carbonyl (C=O) groups is 1. The quantitative estimate of drug-likeness (QED) is 0.693. The predicted octanol–water partition coefficient (Wildman–Crippen LogP) is 1.31. The van der Waals surface area contributed by atoms with Crippen LogP contribution in [0.25, 0.3) is 0 Å². The van der Waals surface area contributed by atoms with Gasteiger partial charge >= 0.3 is 5.97 Å². The minimum atomic E-state index is -0.386. The number of carbonyl (C=O) groups excluding carboxylic acids is 1. The van der Waals surface area contributed by atoms with Gasteiger partial charge in [0, 0.05) is 6.54 Å². The first-order valence-corrected chi connectivity index (χ1v) is 7.07. The molecule has 2 aliphatic heterocycles. The van der Waals surface area contributed by atoms with Gasteiger partial charge in [-0.1, -0.05) is 0 Å². The van der Waals surface area contributed by atoms with Crippen LogP contribution in [-0.2, 0) is 9.53 Å². The molecule has 2 aliphatic rings. The van der Waals surface area contributed by atoms with E-state index in [1.165, 1.54) is 0 Å². The first-order valence-electron chi connectivity index (χ1n) is 7.07. The molecule has 1 spiro atoms. The summed E-state index contributed by atoms with van der Waals surface area (Å²) >= 11 is 0. The molecular formula is C14H26N2O2. The van der Waals surface area contributed by atoms with E-state index in [1.807, 2.05) is 20.8 Å². The minimum Gasteiger partial charge on any atom is -0.460 e. The number of hydrogen-bond donors (Lipinski definition) is 2. The Morgan fingerprint density at radius 1 is 1.11 bits per heavy atom. The van der Waals surface area contributed by atoms with E-state index in [4.69, 9.17) is 4.74 Å². The third-order valence-corrected chi connectivity index (χ3v) is 4.18. The Kier molecular flexibility index (Phi) is 3.97. The average molecular weight is 254 g/mol. The van der Waals surface area contributed by atoms with Gasteiger partial charge in [0.1, 0.15) is 5.60 Å². The summed E-state index contributed by atoms with van der Waals surface area (Å²) in [4.78, 5) is 12.4. The Balaban J connectivity index is 2.10. The van der Waals surface area contributed by atoms with E-state index in [0.717, 1.165) is 45.4 Å². The third-order valence-electron chi connectivity index (χ3n) is 4.18. The Bertz CT molecular complexity index is 295. The maximum Gasteiger partial charge on any atom is 0.311 e. The van der Waals surface area contributed by atoms with Gasteiger partial charge in [0.05, 0.1) is 5.92 Å². The van der Waals surface area contributed by atoms with Gasteiger partial charge in [-0.15, -0.1) is 0 Å². The van der Waals surface area contributed by atoms with Crippen LogP contribution in [0.3, 0.4) is 0 Å². The molecule has 0 saturated carbocycles. The lowest BCUT2D eigenvalue weighted by molar-refractivity contribution is -0.167. The second-order valence-electron chi connectivity index (χ2n) is 6.65. The minimum absolute atomic E-state index is 0.0170. The molecule has 1 unspecified atom stereocenters. The second-order valence-corrected chi connectivity index (χ2v) is 6.65. The lowest BCUT2D eigenvalue weighted by Crippen LogP contribution is -2.54. The van der Waals surface area contributed by atoms with E-state index >= 15 is 0 Å². The van der Waals surface area contributed by atoms with Gasteiger partial charge in [-0.3, -0.25) is 4.79 Å². The van der Waals surface area contributed by atoms with Crippen LogP contribution in [0, 0.1) is 11.3 Å². The van der Waals surface area contributed by atoms with Gasteiger partial charge in [-0.05, 0) is 65.1 Å². The molecule has 2 saturated heterocycles. The molecule has 0 bridgehead atoms. The molecule has 1 atom stereocenters. The highest BCUT2D eigenvalue weighted by Crippen LogP contribution is 2.42. The normalized spacial score (nSPS) is 28.1. The lowest BCUT2D eigenvalue weighted by Gasteiger charge is -2.46. The van der Waals surface area contributed by atoms with Gasteiger partial charge < -0.3 is 15.4 Å². The standard InChI is InChI=1S/C14H26N2O2/c1-13(2,3)18-12(17)11-10-16-9-6-14(11)4-7-15-8-5-14/h11,15-16H,4-10H2,1-3H3. The van der Waals surface area contributed by atoms with Crippen LogP contribution in [0.1, 0.15) is 40.0 Å². The zero-order valence-electron chi connectivity index (χ0n) is 11.8. The van der Waals surface area contributed by atoms with Crippen molar-refractivity contribution in [3.8, 4) is 0 Å². The number of esters is 1. The molecule has 2 N–H and O–H groups in total. The fourth-order valence-electron chi connectivity index (χ4n) is 3.20. The highest BCUT2D eigenvalue weighted by Gasteiger charge is 2.46. The number of piperidine rings is 2. The summed E-state index contributed by atoms with van der Waals surface area (Å²) in [6.07, 6.45) is 3.29. The van der Waals surface area contributed by atoms with Gasteiger partial charge in [-0.25, -0.2) is 0 Å². The molecule has 4 nitrogen and oxygen atoms in total. The Labute approximate surface area is 110 Å². The zero-order valence-corrected chi connectivity index (χ0v) is 11.8. The molecule has 0 aliphatic carbocycles. The van der Waals surface area contributed by atoms with Crippen molar-refractivity contribution in [3.63, 3.8) is 0 Å². The Morgan fingerprint density at radius 2 is 1.67 bits per heavy atom. The predicted molar refractivity (Wildman–Crippen MR) is 71.4 cm³/mol. The van der Waals surface area contributed by atoms with E-state index in [0.29, 0.717) is 0 Å². The largest absolute Gasteiger partial charge is 0.460 e. The van der Waals surface area contributed by atoms with Crippen molar-refractivity contribution < 1.29 is 9.53 Å². The summed E-state index contributed by atoms with van der Waals surface area (Å²) in [7, 11) is 0. The van der Waals surface area contributed by atoms with E-state index < -0.39 is 0 Å². The van der Waals surface area contributed by atoms with Gasteiger partial charge in [0.25, 0.3) is 0 Å². The molecule has 2 rings (SSSR count). The van der Waals surface area contributed by atoms with Crippen molar-refractivity contribution in [3.05, 3.63) is 0 Å². The molecular weight excluding hydrogens is 228 g/mol. The van der Waals surface area contributed by atoms with Crippen LogP contribution in [0.4, 0.5) is 0 Å². The van der Waals surface area contributed by atoms with Crippen molar-refractivity contribution in [2.45, 2.75) is 45.6 Å². The van der Waals surface area contributed by atoms with Crippen molar-refractivity contribution >= 4 is 5.97 Å². The van der Waals surface area contributed by atoms with Crippen LogP contribution in [0.15, 0.2) is 0 Å². The Hall–Kier alpha value is -0.610. The van der Waals surface area contributed by atoms with Gasteiger partial charge in [0.15, 0.2) is 0 Å². The molecule has 0 aromatic carbocycles. The average Bonchev–Trinajstić information content (AvgIpc) is 2.28. The molecule has 4 heteroatoms. The maximum absolute atomic E-state index is 12.4. The number of nitrogens with one attached hydrogen (secondary N) is 2. The SMILES string of the molecule is CC(C)(C)OC(=O)C1CNCCC12CCNCC2. The smallest absolute Gasteiger partial charge is 0.311 e. The molecule has 2 fully saturated rings. The molecule has 104 valence electrons. The highest BCUT2D eigenvalue weighted by molar-refractivity contribution is 5.74. The van der Waals surface area contributed by atoms with Crippen molar-refractivity contribution in [2.24, 2.45) is 11.3 Å². The summed E-state index contributed by atoms with van der Waals surface area (Å²) in [6, 6.07) is 0. The molecule has 18 heavy (non-hydrogen) atoms. The Morgan fingerprint density at radius 3 is 2.22 bits per heavy atom. The topological polar surface area (TPSA) is 50.4 Å². The van der Waals surface area contributed by atoms with Crippen LogP contribution in [0.5, 0.6) is 0 Å². The number of rotatable bonds is 1. The highest BCUT2D eigenvalue weighted by atomic mass is 16.6. The monoisotopic (exact) mass is 254 g/mol. The third kappa shape index (κ3) is 3.04. The molecule has 0 aromatic heterocycles. The van der Waals surface area contributed by atoms with E-state index in [9.17, 15) is 4.79 Å². The second kappa shape index (κ2) is 5.17. The summed E-state index contributed by atoms with van der Waals surface area (Å²) in [5, 5.41) is 6.74. The summed E-state index contributed by atoms with van der Waals surface area (Å²) in [6.45, 7) is 9.68. The molecule has 2 heterocycles. The van der Waals surface area contributed by atoms with Gasteiger partial charge in [-0.2, -0.15) is 0 Å². The maximum atomic E-state index is 12.4. The first-order chi connectivity index (χ1) is 8.43. The van der Waals surface area contributed by atoms with E-state index in [-0.39, 0.29) is 22.9 Å². The van der Waals surface area contributed by atoms with E-state index in [1.54, 1.807) is 0 Å².